The lowest BCUT2D eigenvalue weighted by molar-refractivity contribution is -0.130. The van der Waals surface area contributed by atoms with Crippen molar-refractivity contribution < 1.29 is 9.18 Å². The minimum atomic E-state index is -0.216. The zero-order chi connectivity index (χ0) is 20.2. The number of nitrogens with zero attached hydrogens (tertiary/aromatic N) is 3. The van der Waals surface area contributed by atoms with Gasteiger partial charge in [-0.2, -0.15) is 0 Å². The van der Waals surface area contributed by atoms with Gasteiger partial charge in [-0.3, -0.25) is 14.7 Å². The molecule has 0 saturated carbocycles. The second-order valence-corrected chi connectivity index (χ2v) is 7.53. The predicted octanol–water partition coefficient (Wildman–Crippen LogP) is 4.12. The number of halogens is 1. The normalized spacial score (nSPS) is 17.9. The van der Waals surface area contributed by atoms with Crippen LogP contribution in [0.3, 0.4) is 0 Å². The minimum Gasteiger partial charge on any atom is -0.334 e. The fourth-order valence-corrected chi connectivity index (χ4v) is 3.80. The molecule has 148 valence electrons. The number of hydrogen-bond acceptors (Lipinski definition) is 3. The molecule has 1 atom stereocenters. The first-order valence-corrected chi connectivity index (χ1v) is 9.89. The van der Waals surface area contributed by atoms with Crippen LogP contribution in [0.1, 0.15) is 18.1 Å². The lowest BCUT2D eigenvalue weighted by Gasteiger charge is -2.39. The van der Waals surface area contributed by atoms with E-state index in [0.29, 0.717) is 6.54 Å². The summed E-state index contributed by atoms with van der Waals surface area (Å²) in [6, 6.07) is 16.7. The van der Waals surface area contributed by atoms with Crippen molar-refractivity contribution in [3.63, 3.8) is 0 Å². The highest BCUT2D eigenvalue weighted by molar-refractivity contribution is 5.92. The fourth-order valence-electron chi connectivity index (χ4n) is 3.80. The van der Waals surface area contributed by atoms with Crippen molar-refractivity contribution in [3.05, 3.63) is 83.8 Å². The fraction of sp³-hybridized carbons (Fsp3) is 0.250. The Hall–Kier alpha value is -3.05. The molecule has 0 radical (unpaired) electrons. The van der Waals surface area contributed by atoms with E-state index < -0.39 is 0 Å². The lowest BCUT2D eigenvalue weighted by Crippen LogP contribution is -2.53. The number of aromatic nitrogens is 1. The molecule has 0 unspecified atom stereocenters. The molecule has 1 fully saturated rings. The maximum absolute atomic E-state index is 13.1. The van der Waals surface area contributed by atoms with Gasteiger partial charge in [-0.1, -0.05) is 30.3 Å². The number of rotatable bonds is 4. The molecule has 0 aliphatic carbocycles. The quantitative estimate of drug-likeness (QED) is 0.630. The highest BCUT2D eigenvalue weighted by Crippen LogP contribution is 2.16. The van der Waals surface area contributed by atoms with Crippen LogP contribution >= 0.6 is 0 Å². The summed E-state index contributed by atoms with van der Waals surface area (Å²) in [5, 5.41) is 1.09. The Morgan fingerprint density at radius 1 is 1.17 bits per heavy atom. The van der Waals surface area contributed by atoms with E-state index in [-0.39, 0.29) is 17.8 Å². The number of amides is 1. The Balaban J connectivity index is 1.36. The number of piperazine rings is 1. The highest BCUT2D eigenvalue weighted by atomic mass is 19.1. The van der Waals surface area contributed by atoms with Crippen LogP contribution in [0.4, 0.5) is 4.39 Å². The van der Waals surface area contributed by atoms with Gasteiger partial charge in [0.15, 0.2) is 0 Å². The van der Waals surface area contributed by atoms with Crippen molar-refractivity contribution in [1.29, 1.82) is 0 Å². The number of fused-ring (bicyclic) bond motifs is 1. The largest absolute Gasteiger partial charge is 0.334 e. The second kappa shape index (κ2) is 8.53. The highest BCUT2D eigenvalue weighted by Gasteiger charge is 2.26. The van der Waals surface area contributed by atoms with Gasteiger partial charge >= 0.3 is 0 Å². The maximum Gasteiger partial charge on any atom is 0.246 e. The number of carbonyl (C=O) groups is 1. The maximum atomic E-state index is 13.1. The van der Waals surface area contributed by atoms with E-state index in [0.717, 1.165) is 41.7 Å². The van der Waals surface area contributed by atoms with Gasteiger partial charge in [-0.05, 0) is 48.4 Å². The molecule has 4 nitrogen and oxygen atoms in total. The molecule has 2 heterocycles. The van der Waals surface area contributed by atoms with E-state index in [1.54, 1.807) is 12.3 Å². The van der Waals surface area contributed by atoms with Crippen LogP contribution < -0.4 is 0 Å². The first-order valence-electron chi connectivity index (χ1n) is 9.89. The summed E-state index contributed by atoms with van der Waals surface area (Å²) in [4.78, 5) is 21.3. The molecular formula is C24H24FN3O. The standard InChI is InChI=1S/C24H24FN3O/c1-18-16-27(17-20-5-9-22(25)10-6-20)13-14-28(18)24(29)11-7-19-4-8-21-3-2-12-26-23(21)15-19/h2-12,15,18H,13-14,16-17H2,1H3/b11-7+/t18-/m1/s1. The van der Waals surface area contributed by atoms with Crippen molar-refractivity contribution in [3.8, 4) is 0 Å². The van der Waals surface area contributed by atoms with E-state index in [1.165, 1.54) is 12.1 Å². The Kier molecular flexibility index (Phi) is 5.67. The summed E-state index contributed by atoms with van der Waals surface area (Å²) in [5.41, 5.74) is 2.97. The molecule has 1 aromatic heterocycles. The number of benzene rings is 2. The molecule has 4 rings (SSSR count). The molecule has 1 amide bonds. The first-order chi connectivity index (χ1) is 14.1. The SMILES string of the molecule is C[C@@H]1CN(Cc2ccc(F)cc2)CCN1C(=O)/C=C/c1ccc2cccnc2c1. The van der Waals surface area contributed by atoms with E-state index in [4.69, 9.17) is 0 Å². The van der Waals surface area contributed by atoms with E-state index in [9.17, 15) is 9.18 Å². The van der Waals surface area contributed by atoms with Crippen molar-refractivity contribution in [2.45, 2.75) is 19.5 Å². The summed E-state index contributed by atoms with van der Waals surface area (Å²) in [7, 11) is 0. The Morgan fingerprint density at radius 2 is 2.00 bits per heavy atom. The van der Waals surface area contributed by atoms with Crippen LogP contribution in [-0.4, -0.2) is 46.4 Å². The molecule has 0 bridgehead atoms. The second-order valence-electron chi connectivity index (χ2n) is 7.53. The van der Waals surface area contributed by atoms with Crippen LogP contribution in [0, 0.1) is 5.82 Å². The van der Waals surface area contributed by atoms with Crippen molar-refractivity contribution >= 4 is 22.9 Å². The van der Waals surface area contributed by atoms with E-state index >= 15 is 0 Å². The number of carbonyl (C=O) groups excluding carboxylic acids is 1. The van der Waals surface area contributed by atoms with Gasteiger partial charge in [0.1, 0.15) is 5.82 Å². The van der Waals surface area contributed by atoms with Crippen LogP contribution in [0.25, 0.3) is 17.0 Å². The topological polar surface area (TPSA) is 36.4 Å². The van der Waals surface area contributed by atoms with Gasteiger partial charge in [-0.25, -0.2) is 4.39 Å². The van der Waals surface area contributed by atoms with Crippen molar-refractivity contribution in [2.75, 3.05) is 19.6 Å². The Labute approximate surface area is 170 Å². The van der Waals surface area contributed by atoms with Gasteiger partial charge < -0.3 is 4.90 Å². The van der Waals surface area contributed by atoms with Crippen LogP contribution in [-0.2, 0) is 11.3 Å². The smallest absolute Gasteiger partial charge is 0.246 e. The van der Waals surface area contributed by atoms with E-state index in [1.807, 2.05) is 53.4 Å². The summed E-state index contributed by atoms with van der Waals surface area (Å²) < 4.78 is 13.1. The summed E-state index contributed by atoms with van der Waals surface area (Å²) in [5.74, 6) is -0.188. The average Bonchev–Trinajstić information content (AvgIpc) is 2.73. The van der Waals surface area contributed by atoms with Crippen LogP contribution in [0.5, 0.6) is 0 Å². The van der Waals surface area contributed by atoms with Gasteiger partial charge in [-0.15, -0.1) is 0 Å². The van der Waals surface area contributed by atoms with Crippen LogP contribution in [0.2, 0.25) is 0 Å². The molecular weight excluding hydrogens is 365 g/mol. The van der Waals surface area contributed by atoms with Gasteiger partial charge in [0, 0.05) is 49.9 Å². The third-order valence-electron chi connectivity index (χ3n) is 5.36. The summed E-state index contributed by atoms with van der Waals surface area (Å²) in [6.45, 7) is 5.14. The van der Waals surface area contributed by atoms with Crippen molar-refractivity contribution in [1.82, 2.24) is 14.8 Å². The predicted molar refractivity (Wildman–Crippen MR) is 114 cm³/mol. The molecule has 29 heavy (non-hydrogen) atoms. The number of pyridine rings is 1. The van der Waals surface area contributed by atoms with Crippen molar-refractivity contribution in [2.24, 2.45) is 0 Å². The summed E-state index contributed by atoms with van der Waals surface area (Å²) in [6.07, 6.45) is 5.28. The molecule has 2 aromatic carbocycles. The monoisotopic (exact) mass is 389 g/mol. The van der Waals surface area contributed by atoms with E-state index in [2.05, 4.69) is 16.8 Å². The third kappa shape index (κ3) is 4.69. The zero-order valence-corrected chi connectivity index (χ0v) is 16.5. The molecule has 1 aliphatic heterocycles. The van der Waals surface area contributed by atoms with Gasteiger partial charge in [0.05, 0.1) is 5.52 Å². The Bertz CT molecular complexity index is 1030. The molecule has 5 heteroatoms. The van der Waals surface area contributed by atoms with Gasteiger partial charge in [0.2, 0.25) is 5.91 Å². The minimum absolute atomic E-state index is 0.0278. The molecule has 3 aromatic rings. The molecule has 0 spiro atoms. The molecule has 0 N–H and O–H groups in total. The van der Waals surface area contributed by atoms with Crippen LogP contribution in [0.15, 0.2) is 66.9 Å². The third-order valence-corrected chi connectivity index (χ3v) is 5.36. The van der Waals surface area contributed by atoms with Gasteiger partial charge in [0.25, 0.3) is 0 Å². The molecule has 1 saturated heterocycles. The lowest BCUT2D eigenvalue weighted by atomic mass is 10.1. The average molecular weight is 389 g/mol. The number of hydrogen-bond donors (Lipinski definition) is 0. The summed E-state index contributed by atoms with van der Waals surface area (Å²) >= 11 is 0. The molecule has 1 aliphatic rings. The zero-order valence-electron chi connectivity index (χ0n) is 16.5. The Morgan fingerprint density at radius 3 is 2.79 bits per heavy atom. The first kappa shape index (κ1) is 19.3.